The van der Waals surface area contributed by atoms with Crippen LogP contribution in [0.25, 0.3) is 0 Å². The van der Waals surface area contributed by atoms with Crippen LogP contribution in [0.4, 0.5) is 11.4 Å². The van der Waals surface area contributed by atoms with Gasteiger partial charge < -0.3 is 19.4 Å². The molecule has 27 heavy (non-hydrogen) atoms. The van der Waals surface area contributed by atoms with Crippen molar-refractivity contribution in [1.29, 1.82) is 0 Å². The highest BCUT2D eigenvalue weighted by Crippen LogP contribution is 2.40. The van der Waals surface area contributed by atoms with Gasteiger partial charge in [0.15, 0.2) is 12.2 Å². The average Bonchev–Trinajstić information content (AvgIpc) is 3.34. The molecule has 0 saturated carbocycles. The monoisotopic (exact) mass is 364 g/mol. The number of pyridine rings is 1. The number of hydrogen-bond donors (Lipinski definition) is 1. The van der Waals surface area contributed by atoms with E-state index >= 15 is 0 Å². The van der Waals surface area contributed by atoms with Gasteiger partial charge in [0.25, 0.3) is 0 Å². The van der Waals surface area contributed by atoms with Crippen molar-refractivity contribution in [2.45, 2.75) is 19.0 Å². The standard InChI is InChI=1S/C20H20N4O3/c1-26-8-6-19(25)24-12-14-9-15(23-16-3-2-7-21-10-16)4-5-17(14)20(24)18-11-22-13-27-18/h2-5,7,9-11,13,20,23H,6,8,12H2,1H3. The summed E-state index contributed by atoms with van der Waals surface area (Å²) in [5.74, 6) is 0.684. The van der Waals surface area contributed by atoms with Gasteiger partial charge in [0, 0.05) is 25.5 Å². The first-order valence-corrected chi connectivity index (χ1v) is 8.73. The van der Waals surface area contributed by atoms with Crippen LogP contribution in [0.5, 0.6) is 0 Å². The molecule has 0 aliphatic carbocycles. The van der Waals surface area contributed by atoms with Crippen LogP contribution in [0.1, 0.15) is 29.3 Å². The first-order valence-electron chi connectivity index (χ1n) is 8.73. The van der Waals surface area contributed by atoms with Crippen molar-refractivity contribution < 1.29 is 13.9 Å². The zero-order valence-corrected chi connectivity index (χ0v) is 15.0. The Hall–Kier alpha value is -3.19. The van der Waals surface area contributed by atoms with E-state index < -0.39 is 0 Å². The molecule has 3 aromatic rings. The summed E-state index contributed by atoms with van der Waals surface area (Å²) in [7, 11) is 1.59. The highest BCUT2D eigenvalue weighted by molar-refractivity contribution is 5.78. The maximum atomic E-state index is 12.7. The zero-order chi connectivity index (χ0) is 18.6. The smallest absolute Gasteiger partial charge is 0.226 e. The number of anilines is 2. The quantitative estimate of drug-likeness (QED) is 0.723. The molecule has 7 heteroatoms. The highest BCUT2D eigenvalue weighted by atomic mass is 16.5. The Kier molecular flexibility index (Phi) is 4.84. The molecule has 1 atom stereocenters. The van der Waals surface area contributed by atoms with Crippen LogP contribution in [-0.4, -0.2) is 34.5 Å². The van der Waals surface area contributed by atoms with Gasteiger partial charge in [-0.1, -0.05) is 6.07 Å². The summed E-state index contributed by atoms with van der Waals surface area (Å²) in [6.45, 7) is 0.911. The molecule has 0 fully saturated rings. The first-order chi connectivity index (χ1) is 13.3. The third-order valence-corrected chi connectivity index (χ3v) is 4.60. The molecule has 0 spiro atoms. The van der Waals surface area contributed by atoms with Gasteiger partial charge in [-0.2, -0.15) is 0 Å². The lowest BCUT2D eigenvalue weighted by Crippen LogP contribution is -2.30. The molecule has 1 aromatic carbocycles. The second-order valence-electron chi connectivity index (χ2n) is 6.35. The molecule has 7 nitrogen and oxygen atoms in total. The normalized spacial score (nSPS) is 15.6. The van der Waals surface area contributed by atoms with Crippen molar-refractivity contribution >= 4 is 17.3 Å². The van der Waals surface area contributed by atoms with Crippen LogP contribution < -0.4 is 5.32 Å². The number of aromatic nitrogens is 2. The number of ether oxygens (including phenoxy) is 1. The van der Waals surface area contributed by atoms with E-state index in [4.69, 9.17) is 9.15 Å². The van der Waals surface area contributed by atoms with Crippen LogP contribution in [0, 0.1) is 0 Å². The number of nitrogens with zero attached hydrogens (tertiary/aromatic N) is 3. The van der Waals surface area contributed by atoms with Crippen molar-refractivity contribution in [1.82, 2.24) is 14.9 Å². The third kappa shape index (κ3) is 3.54. The summed E-state index contributed by atoms with van der Waals surface area (Å²) in [5.41, 5.74) is 3.99. The maximum absolute atomic E-state index is 12.7. The predicted octanol–water partition coefficient (Wildman–Crippen LogP) is 3.28. The van der Waals surface area contributed by atoms with Crippen LogP contribution in [0.15, 0.2) is 59.7 Å². The van der Waals surface area contributed by atoms with Gasteiger partial charge in [-0.05, 0) is 35.4 Å². The Morgan fingerprint density at radius 1 is 1.30 bits per heavy atom. The molecular weight excluding hydrogens is 344 g/mol. The van der Waals surface area contributed by atoms with Crippen LogP contribution in [-0.2, 0) is 16.1 Å². The number of nitrogens with one attached hydrogen (secondary N) is 1. The van der Waals surface area contributed by atoms with E-state index in [1.807, 2.05) is 29.2 Å². The van der Waals surface area contributed by atoms with Crippen molar-refractivity contribution in [3.8, 4) is 0 Å². The molecule has 2 aromatic heterocycles. The van der Waals surface area contributed by atoms with Gasteiger partial charge in [0.2, 0.25) is 5.91 Å². The molecule has 0 bridgehead atoms. The van der Waals surface area contributed by atoms with Crippen molar-refractivity contribution in [3.05, 3.63) is 72.2 Å². The fourth-order valence-electron chi connectivity index (χ4n) is 3.37. The molecular formula is C20H20N4O3. The van der Waals surface area contributed by atoms with Gasteiger partial charge in [-0.25, -0.2) is 4.98 Å². The number of carbonyl (C=O) groups is 1. The van der Waals surface area contributed by atoms with E-state index in [-0.39, 0.29) is 11.9 Å². The third-order valence-electron chi connectivity index (χ3n) is 4.60. The molecule has 138 valence electrons. The number of oxazole rings is 1. The van der Waals surface area contributed by atoms with E-state index in [1.165, 1.54) is 6.39 Å². The molecule has 1 amide bonds. The Morgan fingerprint density at radius 2 is 2.22 bits per heavy atom. The molecule has 0 saturated heterocycles. The van der Waals surface area contributed by atoms with E-state index in [9.17, 15) is 4.79 Å². The Labute approximate surface area is 157 Å². The Morgan fingerprint density at radius 3 is 2.96 bits per heavy atom. The Bertz CT molecular complexity index is 912. The number of hydrogen-bond acceptors (Lipinski definition) is 6. The summed E-state index contributed by atoms with van der Waals surface area (Å²) < 4.78 is 10.6. The maximum Gasteiger partial charge on any atom is 0.226 e. The lowest BCUT2D eigenvalue weighted by molar-refractivity contribution is -0.134. The lowest BCUT2D eigenvalue weighted by Gasteiger charge is -2.23. The number of carbonyl (C=O) groups excluding carboxylic acids is 1. The summed E-state index contributed by atoms with van der Waals surface area (Å²) in [6, 6.07) is 9.67. The molecule has 1 aliphatic rings. The Balaban J connectivity index is 1.63. The molecule has 0 radical (unpaired) electrons. The van der Waals surface area contributed by atoms with Crippen molar-refractivity contribution in [3.63, 3.8) is 0 Å². The predicted molar refractivity (Wildman–Crippen MR) is 99.4 cm³/mol. The fourth-order valence-corrected chi connectivity index (χ4v) is 3.37. The van der Waals surface area contributed by atoms with Crippen molar-refractivity contribution in [2.24, 2.45) is 0 Å². The summed E-state index contributed by atoms with van der Waals surface area (Å²) >= 11 is 0. The molecule has 1 N–H and O–H groups in total. The minimum Gasteiger partial charge on any atom is -0.446 e. The molecule has 1 unspecified atom stereocenters. The first kappa shape index (κ1) is 17.2. The van der Waals surface area contributed by atoms with Gasteiger partial charge in [0.05, 0.1) is 31.1 Å². The van der Waals surface area contributed by atoms with Crippen LogP contribution in [0.2, 0.25) is 0 Å². The summed E-state index contributed by atoms with van der Waals surface area (Å²) in [4.78, 5) is 22.7. The number of methoxy groups -OCH3 is 1. The zero-order valence-electron chi connectivity index (χ0n) is 15.0. The van der Waals surface area contributed by atoms with Gasteiger partial charge in [-0.3, -0.25) is 9.78 Å². The van der Waals surface area contributed by atoms with E-state index in [1.54, 1.807) is 25.7 Å². The molecule has 1 aliphatic heterocycles. The van der Waals surface area contributed by atoms with Crippen molar-refractivity contribution in [2.75, 3.05) is 19.0 Å². The SMILES string of the molecule is COCCC(=O)N1Cc2cc(Nc3cccnc3)ccc2C1c1cnco1. The minimum absolute atomic E-state index is 0.0243. The number of amides is 1. The average molecular weight is 364 g/mol. The summed E-state index contributed by atoms with van der Waals surface area (Å²) in [5, 5.41) is 3.34. The van der Waals surface area contributed by atoms with Crippen LogP contribution >= 0.6 is 0 Å². The van der Waals surface area contributed by atoms with E-state index in [0.717, 1.165) is 22.5 Å². The fraction of sp³-hybridized carbons (Fsp3) is 0.250. The molecule has 4 rings (SSSR count). The van der Waals surface area contributed by atoms with E-state index in [0.29, 0.717) is 25.3 Å². The largest absolute Gasteiger partial charge is 0.446 e. The van der Waals surface area contributed by atoms with Crippen LogP contribution in [0.3, 0.4) is 0 Å². The van der Waals surface area contributed by atoms with Gasteiger partial charge >= 0.3 is 0 Å². The van der Waals surface area contributed by atoms with Gasteiger partial charge in [-0.15, -0.1) is 0 Å². The minimum atomic E-state index is -0.265. The summed E-state index contributed by atoms with van der Waals surface area (Å²) in [6.07, 6.45) is 6.89. The second-order valence-corrected chi connectivity index (χ2v) is 6.35. The topological polar surface area (TPSA) is 80.5 Å². The second kappa shape index (κ2) is 7.59. The highest BCUT2D eigenvalue weighted by Gasteiger charge is 2.36. The number of benzene rings is 1. The van der Waals surface area contributed by atoms with Gasteiger partial charge in [0.1, 0.15) is 6.04 Å². The number of fused-ring (bicyclic) bond motifs is 1. The molecule has 3 heterocycles. The number of rotatable bonds is 6. The van der Waals surface area contributed by atoms with E-state index in [2.05, 4.69) is 21.4 Å². The lowest BCUT2D eigenvalue weighted by atomic mass is 10.0.